The third-order valence-corrected chi connectivity index (χ3v) is 7.59. The van der Waals surface area contributed by atoms with Crippen molar-refractivity contribution in [3.05, 3.63) is 40.6 Å². The van der Waals surface area contributed by atoms with E-state index < -0.39 is 12.0 Å². The zero-order valence-electron chi connectivity index (χ0n) is 17.3. The van der Waals surface area contributed by atoms with E-state index in [1.807, 2.05) is 25.1 Å². The summed E-state index contributed by atoms with van der Waals surface area (Å²) < 4.78 is 29.3. The maximum absolute atomic E-state index is 14.6. The molecule has 4 aliphatic rings. The van der Waals surface area contributed by atoms with Crippen LogP contribution in [0.2, 0.25) is 0 Å². The van der Waals surface area contributed by atoms with Gasteiger partial charge in [0.15, 0.2) is 0 Å². The molecule has 8 heteroatoms. The van der Waals surface area contributed by atoms with Crippen LogP contribution in [-0.2, 0) is 29.1 Å². The minimum atomic E-state index is -2.97. The second kappa shape index (κ2) is 6.22. The third kappa shape index (κ3) is 2.67. The Morgan fingerprint density at radius 2 is 1.97 bits per heavy atom. The molecule has 1 spiro atoms. The first-order valence-electron chi connectivity index (χ1n) is 11.0. The Morgan fingerprint density at radius 3 is 2.68 bits per heavy atom. The molecule has 162 valence electrons. The van der Waals surface area contributed by atoms with E-state index in [0.29, 0.717) is 24.2 Å². The van der Waals surface area contributed by atoms with E-state index in [1.165, 1.54) is 0 Å². The Morgan fingerprint density at radius 1 is 1.16 bits per heavy atom. The molecule has 2 fully saturated rings. The van der Waals surface area contributed by atoms with Crippen LogP contribution in [0.3, 0.4) is 0 Å². The van der Waals surface area contributed by atoms with Gasteiger partial charge in [0.1, 0.15) is 5.69 Å². The summed E-state index contributed by atoms with van der Waals surface area (Å²) in [6.07, 6.45) is 2.53. The van der Waals surface area contributed by atoms with Gasteiger partial charge in [-0.2, -0.15) is 8.78 Å². The number of anilines is 1. The van der Waals surface area contributed by atoms with Gasteiger partial charge in [-0.05, 0) is 49.8 Å². The minimum absolute atomic E-state index is 0.0864. The first-order chi connectivity index (χ1) is 14.8. The van der Waals surface area contributed by atoms with E-state index in [1.54, 1.807) is 4.90 Å². The molecule has 3 heterocycles. The van der Waals surface area contributed by atoms with Gasteiger partial charge in [0.05, 0.1) is 23.4 Å². The molecule has 2 aliphatic heterocycles. The number of halogens is 2. The highest BCUT2D eigenvalue weighted by atomic mass is 19.3. The number of aryl methyl sites for hydroxylation is 1. The molecule has 3 atom stereocenters. The van der Waals surface area contributed by atoms with Gasteiger partial charge in [0.25, 0.3) is 5.92 Å². The molecule has 0 bridgehead atoms. The smallest absolute Gasteiger partial charge is 0.290 e. The van der Waals surface area contributed by atoms with E-state index >= 15 is 0 Å². The van der Waals surface area contributed by atoms with Crippen molar-refractivity contribution in [3.8, 4) is 11.3 Å². The number of nitrogens with one attached hydrogen (secondary N) is 1. The number of carbonyl (C=O) groups excluding carboxylic acids is 1. The van der Waals surface area contributed by atoms with Gasteiger partial charge in [-0.15, -0.1) is 0 Å². The van der Waals surface area contributed by atoms with Gasteiger partial charge in [0, 0.05) is 30.5 Å². The van der Waals surface area contributed by atoms with Gasteiger partial charge in [0.2, 0.25) is 11.9 Å². The topological polar surface area (TPSA) is 78.3 Å². The number of hydrogen-bond acceptors (Lipinski definition) is 5. The van der Waals surface area contributed by atoms with Gasteiger partial charge in [-0.25, -0.2) is 9.97 Å². The quantitative estimate of drug-likeness (QED) is 0.772. The molecule has 0 saturated carbocycles. The van der Waals surface area contributed by atoms with Crippen molar-refractivity contribution in [2.75, 3.05) is 11.4 Å². The maximum Gasteiger partial charge on any atom is 0.290 e. The summed E-state index contributed by atoms with van der Waals surface area (Å²) in [5.41, 5.74) is 3.71. The number of benzene rings is 1. The van der Waals surface area contributed by atoms with Crippen LogP contribution >= 0.6 is 0 Å². The SMILES string of the molecule is C[C@H]1[C@H](O)CN1c1nc(-c2ccc3c(c2)CC[C@]32CCC(=O)N2)c2c(n1)C(F)(F)CC2. The molecule has 31 heavy (non-hydrogen) atoms. The Kier molecular flexibility index (Phi) is 3.83. The highest BCUT2D eigenvalue weighted by molar-refractivity contribution is 5.80. The highest BCUT2D eigenvalue weighted by Crippen LogP contribution is 2.47. The number of fused-ring (bicyclic) bond motifs is 3. The van der Waals surface area contributed by atoms with Crippen molar-refractivity contribution in [2.45, 2.75) is 69.1 Å². The van der Waals surface area contributed by atoms with Crippen LogP contribution in [-0.4, -0.2) is 39.7 Å². The number of nitrogens with zero attached hydrogens (tertiary/aromatic N) is 3. The molecule has 6 nitrogen and oxygen atoms in total. The van der Waals surface area contributed by atoms with E-state index in [2.05, 4.69) is 10.3 Å². The standard InChI is InChI=1S/C23H24F2N4O2/c1-12-17(30)11-29(12)21-26-19(15-5-9-23(24,25)20(15)27-21)14-2-3-16-13(10-14)4-7-22(16)8-6-18(31)28-22/h2-3,10,12,17,30H,4-9,11H2,1H3,(H,28,31)/t12-,17+,22-/m0/s1. The minimum Gasteiger partial charge on any atom is -0.389 e. The van der Waals surface area contributed by atoms with Crippen molar-refractivity contribution in [3.63, 3.8) is 0 Å². The number of alkyl halides is 2. The zero-order valence-corrected chi connectivity index (χ0v) is 17.3. The van der Waals surface area contributed by atoms with Crippen molar-refractivity contribution in [1.29, 1.82) is 0 Å². The molecule has 0 unspecified atom stereocenters. The molecule has 6 rings (SSSR count). The van der Waals surface area contributed by atoms with E-state index in [0.717, 1.165) is 36.0 Å². The molecule has 2 N–H and O–H groups in total. The predicted octanol–water partition coefficient (Wildman–Crippen LogP) is 2.80. The fraction of sp³-hybridized carbons (Fsp3) is 0.522. The van der Waals surface area contributed by atoms with Gasteiger partial charge < -0.3 is 15.3 Å². The van der Waals surface area contributed by atoms with Crippen molar-refractivity contribution in [1.82, 2.24) is 15.3 Å². The summed E-state index contributed by atoms with van der Waals surface area (Å²) in [4.78, 5) is 22.6. The van der Waals surface area contributed by atoms with Crippen molar-refractivity contribution >= 4 is 11.9 Å². The van der Waals surface area contributed by atoms with Crippen molar-refractivity contribution < 1.29 is 18.7 Å². The number of aliphatic hydroxyl groups is 1. The molecule has 2 aliphatic carbocycles. The number of β-amino-alcohol motifs (C(OH)–C–C–N with tert-alkyl or cyclic N) is 1. The lowest BCUT2D eigenvalue weighted by molar-refractivity contribution is -0.119. The van der Waals surface area contributed by atoms with Crippen LogP contribution in [0.5, 0.6) is 0 Å². The average Bonchev–Trinajstić information content (AvgIpc) is 3.41. The molecular weight excluding hydrogens is 402 g/mol. The van der Waals surface area contributed by atoms with Crippen LogP contribution in [0, 0.1) is 0 Å². The van der Waals surface area contributed by atoms with E-state index in [-0.39, 0.29) is 42.0 Å². The van der Waals surface area contributed by atoms with Crippen LogP contribution in [0.1, 0.15) is 55.0 Å². The summed E-state index contributed by atoms with van der Waals surface area (Å²) in [6.45, 7) is 2.19. The molecule has 2 aromatic rings. The lowest BCUT2D eigenvalue weighted by atomic mass is 9.89. The normalized spacial score (nSPS) is 30.3. The Bertz CT molecular complexity index is 1120. The number of rotatable bonds is 2. The summed E-state index contributed by atoms with van der Waals surface area (Å²) >= 11 is 0. The fourth-order valence-corrected chi connectivity index (χ4v) is 5.64. The largest absolute Gasteiger partial charge is 0.389 e. The zero-order chi connectivity index (χ0) is 21.5. The van der Waals surface area contributed by atoms with Crippen LogP contribution in [0.15, 0.2) is 18.2 Å². The Hall–Kier alpha value is -2.61. The van der Waals surface area contributed by atoms with Crippen LogP contribution < -0.4 is 10.2 Å². The van der Waals surface area contributed by atoms with Gasteiger partial charge in [-0.3, -0.25) is 4.79 Å². The summed E-state index contributed by atoms with van der Waals surface area (Å²) in [5, 5.41) is 13.0. The first kappa shape index (κ1) is 19.1. The van der Waals surface area contributed by atoms with Crippen molar-refractivity contribution in [2.24, 2.45) is 0 Å². The highest BCUT2D eigenvalue weighted by Gasteiger charge is 2.46. The number of aliphatic hydroxyl groups excluding tert-OH is 1. The number of carbonyl (C=O) groups is 1. The molecular formula is C23H24F2N4O2. The number of aromatic nitrogens is 2. The lowest BCUT2D eigenvalue weighted by Gasteiger charge is -2.43. The molecule has 2 saturated heterocycles. The summed E-state index contributed by atoms with van der Waals surface area (Å²) in [5.74, 6) is -2.62. The molecule has 1 aromatic carbocycles. The first-order valence-corrected chi connectivity index (χ1v) is 11.0. The number of hydrogen-bond donors (Lipinski definition) is 2. The van der Waals surface area contributed by atoms with Gasteiger partial charge >= 0.3 is 0 Å². The second-order valence-corrected chi connectivity index (χ2v) is 9.37. The van der Waals surface area contributed by atoms with Gasteiger partial charge in [-0.1, -0.05) is 12.1 Å². The van der Waals surface area contributed by atoms with Crippen LogP contribution in [0.25, 0.3) is 11.3 Å². The van der Waals surface area contributed by atoms with E-state index in [4.69, 9.17) is 4.98 Å². The Balaban J connectivity index is 1.45. The monoisotopic (exact) mass is 426 g/mol. The fourth-order valence-electron chi connectivity index (χ4n) is 5.64. The molecule has 1 aromatic heterocycles. The predicted molar refractivity (Wildman–Crippen MR) is 110 cm³/mol. The number of amides is 1. The maximum atomic E-state index is 14.6. The Labute approximate surface area is 178 Å². The third-order valence-electron chi connectivity index (χ3n) is 7.59. The second-order valence-electron chi connectivity index (χ2n) is 9.37. The summed E-state index contributed by atoms with van der Waals surface area (Å²) in [7, 11) is 0. The lowest BCUT2D eigenvalue weighted by Crippen LogP contribution is -2.59. The average molecular weight is 426 g/mol. The van der Waals surface area contributed by atoms with E-state index in [9.17, 15) is 18.7 Å². The van der Waals surface area contributed by atoms with Crippen LogP contribution in [0.4, 0.5) is 14.7 Å². The molecule has 1 amide bonds. The molecule has 0 radical (unpaired) electrons. The summed E-state index contributed by atoms with van der Waals surface area (Å²) in [6, 6.07) is 5.81.